The van der Waals surface area contributed by atoms with Gasteiger partial charge in [0.2, 0.25) is 0 Å². The van der Waals surface area contributed by atoms with Crippen molar-refractivity contribution >= 4 is 34.0 Å². The van der Waals surface area contributed by atoms with E-state index in [0.29, 0.717) is 12.6 Å². The molecule has 3 aromatic rings. The maximum atomic E-state index is 12.1. The zero-order valence-corrected chi connectivity index (χ0v) is 14.8. The van der Waals surface area contributed by atoms with Crippen LogP contribution in [0.1, 0.15) is 37.7 Å². The lowest BCUT2D eigenvalue weighted by atomic mass is 10.2. The molecule has 0 aliphatic carbocycles. The molecule has 0 unspecified atom stereocenters. The molecule has 0 aliphatic rings. The number of carbonyl (C=O) groups excluding carboxylic acids is 1. The Morgan fingerprint density at radius 3 is 2.88 bits per heavy atom. The monoisotopic (exact) mass is 343 g/mol. The van der Waals surface area contributed by atoms with Crippen LogP contribution in [0.15, 0.2) is 36.0 Å². The van der Waals surface area contributed by atoms with Gasteiger partial charge < -0.3 is 10.6 Å². The predicted molar refractivity (Wildman–Crippen MR) is 97.7 cm³/mol. The van der Waals surface area contributed by atoms with E-state index in [1.807, 2.05) is 41.4 Å². The Morgan fingerprint density at radius 2 is 2.17 bits per heavy atom. The summed E-state index contributed by atoms with van der Waals surface area (Å²) in [6.07, 6.45) is 3.77. The van der Waals surface area contributed by atoms with Gasteiger partial charge in [0.05, 0.1) is 10.5 Å². The van der Waals surface area contributed by atoms with Gasteiger partial charge in [0.15, 0.2) is 0 Å². The molecule has 2 heterocycles. The summed E-state index contributed by atoms with van der Waals surface area (Å²) in [6.45, 7) is 6.77. The molecule has 0 fully saturated rings. The molecule has 2 amide bonds. The summed E-state index contributed by atoms with van der Waals surface area (Å²) in [5.41, 5.74) is 1.68. The molecule has 126 valence electrons. The summed E-state index contributed by atoms with van der Waals surface area (Å²) in [5.74, 6) is 0.197. The van der Waals surface area contributed by atoms with Gasteiger partial charge in [0, 0.05) is 47.4 Å². The molecule has 0 saturated carbocycles. The van der Waals surface area contributed by atoms with Crippen LogP contribution in [0.25, 0.3) is 10.9 Å². The fourth-order valence-electron chi connectivity index (χ4n) is 2.37. The molecule has 0 radical (unpaired) electrons. The first kappa shape index (κ1) is 16.4. The third kappa shape index (κ3) is 3.73. The predicted octanol–water partition coefficient (Wildman–Crippen LogP) is 4.00. The minimum absolute atomic E-state index is 0.197. The van der Waals surface area contributed by atoms with Crippen LogP contribution < -0.4 is 10.6 Å². The third-order valence-electron chi connectivity index (χ3n) is 3.75. The third-order valence-corrected chi connectivity index (χ3v) is 4.76. The lowest BCUT2D eigenvalue weighted by Gasteiger charge is -2.11. The summed E-state index contributed by atoms with van der Waals surface area (Å²) >= 11 is 1.60. The molecular weight excluding hydrogens is 322 g/mol. The van der Waals surface area contributed by atoms with E-state index in [9.17, 15) is 4.79 Å². The lowest BCUT2D eigenvalue weighted by Crippen LogP contribution is -2.31. The van der Waals surface area contributed by atoms with Gasteiger partial charge in [-0.2, -0.15) is 5.10 Å². The number of rotatable bonds is 5. The number of anilines is 1. The average molecular weight is 343 g/mol. The molecule has 1 atom stereocenters. The smallest absolute Gasteiger partial charge is 0.319 e. The first-order valence-corrected chi connectivity index (χ1v) is 8.84. The highest BCUT2D eigenvalue weighted by Gasteiger charge is 2.11. The normalized spacial score (nSPS) is 12.5. The summed E-state index contributed by atoms with van der Waals surface area (Å²) in [7, 11) is 0. The van der Waals surface area contributed by atoms with E-state index < -0.39 is 0 Å². The van der Waals surface area contributed by atoms with Crippen molar-refractivity contribution in [1.82, 2.24) is 20.1 Å². The van der Waals surface area contributed by atoms with Crippen LogP contribution in [0.4, 0.5) is 10.5 Å². The maximum absolute atomic E-state index is 12.1. The highest BCUT2D eigenvalue weighted by molar-refractivity contribution is 7.09. The Morgan fingerprint density at radius 1 is 1.33 bits per heavy atom. The second-order valence-electron chi connectivity index (χ2n) is 6.08. The van der Waals surface area contributed by atoms with Gasteiger partial charge in [0.1, 0.15) is 0 Å². The zero-order chi connectivity index (χ0) is 17.1. The Bertz CT molecular complexity index is 825. The van der Waals surface area contributed by atoms with Crippen molar-refractivity contribution in [3.05, 3.63) is 41.0 Å². The molecule has 24 heavy (non-hydrogen) atoms. The van der Waals surface area contributed by atoms with Gasteiger partial charge in [-0.25, -0.2) is 9.78 Å². The number of hydrogen-bond acceptors (Lipinski definition) is 4. The minimum Gasteiger partial charge on any atom is -0.337 e. The van der Waals surface area contributed by atoms with Crippen molar-refractivity contribution in [3.63, 3.8) is 0 Å². The van der Waals surface area contributed by atoms with Crippen LogP contribution in [0, 0.1) is 0 Å². The number of aromatic nitrogens is 3. The molecule has 0 spiro atoms. The zero-order valence-electron chi connectivity index (χ0n) is 14.0. The molecule has 2 N–H and O–H groups in total. The molecule has 6 nitrogen and oxygen atoms in total. The van der Waals surface area contributed by atoms with Crippen molar-refractivity contribution in [2.24, 2.45) is 0 Å². The van der Waals surface area contributed by atoms with E-state index in [1.54, 1.807) is 17.5 Å². The summed E-state index contributed by atoms with van der Waals surface area (Å²) in [5, 5.41) is 14.2. The number of fused-ring (bicyclic) bond motifs is 1. The van der Waals surface area contributed by atoms with Crippen molar-refractivity contribution in [2.75, 3.05) is 11.9 Å². The number of hydrogen-bond donors (Lipinski definition) is 2. The SMILES string of the molecule is CC(C)n1cc2cc(NC(=O)NC[C@@H](C)c3nccs3)ccc2n1. The molecule has 0 aliphatic heterocycles. The molecule has 1 aromatic carbocycles. The summed E-state index contributed by atoms with van der Waals surface area (Å²) < 4.78 is 1.92. The van der Waals surface area contributed by atoms with E-state index in [4.69, 9.17) is 0 Å². The van der Waals surface area contributed by atoms with E-state index in [2.05, 4.69) is 34.6 Å². The van der Waals surface area contributed by atoms with Crippen LogP contribution in [0.2, 0.25) is 0 Å². The van der Waals surface area contributed by atoms with Gasteiger partial charge in [-0.05, 0) is 32.0 Å². The molecule has 7 heteroatoms. The van der Waals surface area contributed by atoms with E-state index >= 15 is 0 Å². The Kier molecular flexibility index (Phi) is 4.80. The quantitative estimate of drug-likeness (QED) is 0.735. The number of carbonyl (C=O) groups is 1. The molecule has 3 rings (SSSR count). The van der Waals surface area contributed by atoms with Crippen molar-refractivity contribution < 1.29 is 4.79 Å². The highest BCUT2D eigenvalue weighted by Crippen LogP contribution is 2.20. The Hall–Kier alpha value is -2.41. The number of thiazole rings is 1. The van der Waals surface area contributed by atoms with Crippen molar-refractivity contribution in [2.45, 2.75) is 32.7 Å². The van der Waals surface area contributed by atoms with Gasteiger partial charge in [-0.1, -0.05) is 6.92 Å². The Balaban J connectivity index is 1.60. The van der Waals surface area contributed by atoms with Gasteiger partial charge in [-0.3, -0.25) is 4.68 Å². The van der Waals surface area contributed by atoms with E-state index in [0.717, 1.165) is 21.6 Å². The maximum Gasteiger partial charge on any atom is 0.319 e. The number of urea groups is 1. The molecule has 2 aromatic heterocycles. The van der Waals surface area contributed by atoms with Crippen LogP contribution in [-0.2, 0) is 0 Å². The second-order valence-corrected chi connectivity index (χ2v) is 7.01. The number of nitrogens with one attached hydrogen (secondary N) is 2. The van der Waals surface area contributed by atoms with Crippen LogP contribution in [-0.4, -0.2) is 27.3 Å². The van der Waals surface area contributed by atoms with Crippen LogP contribution >= 0.6 is 11.3 Å². The van der Waals surface area contributed by atoms with Crippen LogP contribution in [0.5, 0.6) is 0 Å². The standard InChI is InChI=1S/C17H21N5OS/c1-11(2)22-10-13-8-14(4-5-15(13)21-22)20-17(23)19-9-12(3)16-18-6-7-24-16/h4-8,10-12H,9H2,1-3H3,(H2,19,20,23)/t12-/m1/s1. The van der Waals surface area contributed by atoms with Crippen LogP contribution in [0.3, 0.4) is 0 Å². The summed E-state index contributed by atoms with van der Waals surface area (Å²) in [6, 6.07) is 5.81. The van der Waals surface area contributed by atoms with Crippen molar-refractivity contribution in [3.8, 4) is 0 Å². The largest absolute Gasteiger partial charge is 0.337 e. The van der Waals surface area contributed by atoms with Gasteiger partial charge in [-0.15, -0.1) is 11.3 Å². The number of amides is 2. The van der Waals surface area contributed by atoms with Crippen molar-refractivity contribution in [1.29, 1.82) is 0 Å². The van der Waals surface area contributed by atoms with Gasteiger partial charge >= 0.3 is 6.03 Å². The molecule has 0 saturated heterocycles. The lowest BCUT2D eigenvalue weighted by molar-refractivity contribution is 0.251. The second kappa shape index (κ2) is 7.00. The fraction of sp³-hybridized carbons (Fsp3) is 0.353. The first-order valence-electron chi connectivity index (χ1n) is 7.96. The number of benzene rings is 1. The molecule has 0 bridgehead atoms. The summed E-state index contributed by atoms with van der Waals surface area (Å²) in [4.78, 5) is 16.3. The highest BCUT2D eigenvalue weighted by atomic mass is 32.1. The topological polar surface area (TPSA) is 71.8 Å². The number of nitrogens with zero attached hydrogens (tertiary/aromatic N) is 3. The van der Waals surface area contributed by atoms with Gasteiger partial charge in [0.25, 0.3) is 0 Å². The van der Waals surface area contributed by atoms with E-state index in [1.165, 1.54) is 0 Å². The van der Waals surface area contributed by atoms with E-state index in [-0.39, 0.29) is 11.9 Å². The molecular formula is C17H21N5OS. The first-order chi connectivity index (χ1) is 11.5. The minimum atomic E-state index is -0.214. The average Bonchev–Trinajstić information content (AvgIpc) is 3.21. The fourth-order valence-corrected chi connectivity index (χ4v) is 3.07. The Labute approximate surface area is 144 Å².